The Hall–Kier alpha value is -0.430. The van der Waals surface area contributed by atoms with E-state index in [1.54, 1.807) is 29.3 Å². The average Bonchev–Trinajstić information content (AvgIpc) is 2.41. The average molecular weight is 298 g/mol. The van der Waals surface area contributed by atoms with E-state index in [1.807, 2.05) is 0 Å². The van der Waals surface area contributed by atoms with E-state index in [9.17, 15) is 0 Å². The Morgan fingerprint density at radius 3 is 2.00 bits per heavy atom. The van der Waals surface area contributed by atoms with Gasteiger partial charge in [0.15, 0.2) is 0 Å². The Labute approximate surface area is 132 Å². The van der Waals surface area contributed by atoms with E-state index in [2.05, 4.69) is 15.9 Å². The van der Waals surface area contributed by atoms with Gasteiger partial charge in [-0.2, -0.15) is 0 Å². The van der Waals surface area contributed by atoms with Crippen LogP contribution in [0.1, 0.15) is 0 Å². The summed E-state index contributed by atoms with van der Waals surface area (Å²) in [5.41, 5.74) is 1.30. The van der Waals surface area contributed by atoms with Crippen LogP contribution in [0.15, 0.2) is 57.8 Å². The second kappa shape index (κ2) is 10.4. The fraction of sp³-hybridized carbons (Fsp3) is 0.167. The lowest BCUT2D eigenvalue weighted by molar-refractivity contribution is 1.04. The molecule has 0 spiro atoms. The van der Waals surface area contributed by atoms with Crippen LogP contribution >= 0.6 is 15.9 Å². The van der Waals surface area contributed by atoms with Crippen molar-refractivity contribution in [3.8, 4) is 0 Å². The van der Waals surface area contributed by atoms with Crippen LogP contribution in [-0.2, 0) is 0 Å². The van der Waals surface area contributed by atoms with Gasteiger partial charge in [0.05, 0.1) is 15.7 Å². The van der Waals surface area contributed by atoms with Gasteiger partial charge in [0, 0.05) is 0 Å². The van der Waals surface area contributed by atoms with E-state index < -0.39 is 5.82 Å². The van der Waals surface area contributed by atoms with E-state index >= 15 is 0 Å². The van der Waals surface area contributed by atoms with Crippen LogP contribution in [0.4, 0.5) is 0 Å². The predicted octanol–water partition coefficient (Wildman–Crippen LogP) is 1.65. The molecule has 0 aromatic rings. The molecule has 0 saturated carbocycles. The van der Waals surface area contributed by atoms with Crippen molar-refractivity contribution in [1.29, 1.82) is 0 Å². The number of hydrogen-bond donors (Lipinski definition) is 0. The highest BCUT2D eigenvalue weighted by molar-refractivity contribution is 9.11. The summed E-state index contributed by atoms with van der Waals surface area (Å²) >= 11 is 3.17. The first-order chi connectivity index (χ1) is 8.97. The molecule has 7 heteroatoms. The zero-order valence-electron chi connectivity index (χ0n) is 10.5. The van der Waals surface area contributed by atoms with Gasteiger partial charge in [-0.3, -0.25) is 0 Å². The van der Waals surface area contributed by atoms with Crippen LogP contribution < -0.4 is 0 Å². The number of hydrogen-bond acceptors (Lipinski definition) is 0. The first-order valence-electron chi connectivity index (χ1n) is 5.49. The van der Waals surface area contributed by atoms with Crippen molar-refractivity contribution in [2.45, 2.75) is 11.6 Å². The Morgan fingerprint density at radius 1 is 0.947 bits per heavy atom. The summed E-state index contributed by atoms with van der Waals surface area (Å²) in [5, 5.41) is 0. The molecule has 12 radical (unpaired) electrons. The molecule has 0 heterocycles. The highest BCUT2D eigenvalue weighted by atomic mass is 79.9. The molecule has 82 valence electrons. The number of halogens is 1. The second-order valence-electron chi connectivity index (χ2n) is 3.68. The topological polar surface area (TPSA) is 0 Å². The third kappa shape index (κ3) is 7.06. The SMILES string of the molecule is [B]/C=C/C([B])C([B])/C=C/C(/C=C/Br)=C([B])/C([B])=C/[B]. The standard InChI is InChI=1S/C12H9B6Br/c13-5-3-10(16)9(15)2-1-8(4-6-19)12(18)11(17)7-14/h1-7,9-10H/b2-1+,5-3+,6-4+,11-7-,12-8+. The fourth-order valence-electron chi connectivity index (χ4n) is 1.16. The van der Waals surface area contributed by atoms with Crippen LogP contribution in [0.2, 0.25) is 11.6 Å². The van der Waals surface area contributed by atoms with Crippen LogP contribution in [0.25, 0.3) is 0 Å². The van der Waals surface area contributed by atoms with E-state index in [1.165, 1.54) is 12.0 Å². The summed E-state index contributed by atoms with van der Waals surface area (Å²) in [4.78, 5) is 1.65. The highest BCUT2D eigenvalue weighted by Gasteiger charge is 2.04. The molecule has 0 aliphatic carbocycles. The normalized spacial score (nSPS) is 18.1. The summed E-state index contributed by atoms with van der Waals surface area (Å²) in [6.45, 7) is 0. The zero-order chi connectivity index (χ0) is 14.8. The highest BCUT2D eigenvalue weighted by Crippen LogP contribution is 2.22. The zero-order valence-corrected chi connectivity index (χ0v) is 12.1. The molecule has 0 nitrogen and oxygen atoms in total. The predicted molar refractivity (Wildman–Crippen MR) is 93.5 cm³/mol. The Balaban J connectivity index is 5.16. The molecule has 0 amide bonds. The molecule has 0 saturated heterocycles. The fourth-order valence-corrected chi connectivity index (χ4v) is 1.44. The molecule has 2 unspecified atom stereocenters. The smallest absolute Gasteiger partial charge is 0.113 e. The molecule has 2 atom stereocenters. The summed E-state index contributed by atoms with van der Waals surface area (Å²) in [5.74, 6) is 1.82. The molecule has 0 fully saturated rings. The van der Waals surface area contributed by atoms with Gasteiger partial charge in [0.25, 0.3) is 0 Å². The van der Waals surface area contributed by atoms with Crippen molar-refractivity contribution in [2.24, 2.45) is 0 Å². The van der Waals surface area contributed by atoms with E-state index in [0.717, 1.165) is 0 Å². The van der Waals surface area contributed by atoms with Gasteiger partial charge >= 0.3 is 0 Å². The Morgan fingerprint density at radius 2 is 1.53 bits per heavy atom. The van der Waals surface area contributed by atoms with Crippen molar-refractivity contribution in [1.82, 2.24) is 0 Å². The summed E-state index contributed by atoms with van der Waals surface area (Å²) in [6, 6.07) is 0. The number of rotatable bonds is 6. The lowest BCUT2D eigenvalue weighted by Gasteiger charge is -2.13. The van der Waals surface area contributed by atoms with E-state index in [4.69, 9.17) is 47.1 Å². The Kier molecular flexibility index (Phi) is 10.1. The van der Waals surface area contributed by atoms with Gasteiger partial charge in [-0.05, 0) is 16.6 Å². The molecule has 0 aromatic heterocycles. The van der Waals surface area contributed by atoms with Gasteiger partial charge in [-0.25, -0.2) is 0 Å². The molecule has 0 N–H and O–H groups in total. The Bertz CT molecular complexity index is 422. The first kappa shape index (κ1) is 18.6. The molecule has 0 aromatic carbocycles. The van der Waals surface area contributed by atoms with Crippen LogP contribution in [0, 0.1) is 0 Å². The second-order valence-corrected chi connectivity index (χ2v) is 4.21. The quantitative estimate of drug-likeness (QED) is 0.517. The third-order valence-corrected chi connectivity index (χ3v) is 2.58. The van der Waals surface area contributed by atoms with Crippen molar-refractivity contribution in [3.05, 3.63) is 57.8 Å². The molecule has 0 rings (SSSR count). The summed E-state index contributed by atoms with van der Waals surface area (Å²) in [6.07, 6.45) is 6.76. The van der Waals surface area contributed by atoms with Crippen LogP contribution in [0.3, 0.4) is 0 Å². The van der Waals surface area contributed by atoms with Gasteiger partial charge in [-0.1, -0.05) is 45.2 Å². The van der Waals surface area contributed by atoms with Crippen molar-refractivity contribution < 1.29 is 0 Å². The third-order valence-electron chi connectivity index (χ3n) is 2.32. The maximum atomic E-state index is 5.87. The van der Waals surface area contributed by atoms with E-state index in [0.29, 0.717) is 11.0 Å². The summed E-state index contributed by atoms with van der Waals surface area (Å²) < 4.78 is 0. The van der Waals surface area contributed by atoms with Crippen molar-refractivity contribution in [2.75, 3.05) is 0 Å². The van der Waals surface area contributed by atoms with Crippen LogP contribution in [0.5, 0.6) is 0 Å². The molecular formula is C12H9B6Br. The minimum atomic E-state index is -0.394. The molecule has 0 aliphatic heterocycles. The monoisotopic (exact) mass is 298 g/mol. The van der Waals surface area contributed by atoms with Crippen molar-refractivity contribution >= 4 is 63.0 Å². The van der Waals surface area contributed by atoms with E-state index in [-0.39, 0.29) is 11.3 Å². The van der Waals surface area contributed by atoms with Gasteiger partial charge in [0.1, 0.15) is 31.4 Å². The first-order valence-corrected chi connectivity index (χ1v) is 6.41. The molecular weight excluding hydrogens is 289 g/mol. The lowest BCUT2D eigenvalue weighted by Crippen LogP contribution is -1.99. The molecule has 0 bridgehead atoms. The molecule has 0 aliphatic rings. The lowest BCUT2D eigenvalue weighted by atomic mass is 9.65. The number of allylic oxidation sites excluding steroid dienone is 7. The minimum Gasteiger partial charge on any atom is -0.139 e. The maximum Gasteiger partial charge on any atom is 0.113 e. The van der Waals surface area contributed by atoms with Gasteiger partial charge in [0.2, 0.25) is 0 Å². The van der Waals surface area contributed by atoms with Gasteiger partial charge in [-0.15, -0.1) is 23.5 Å². The molecule has 19 heavy (non-hydrogen) atoms. The van der Waals surface area contributed by atoms with Gasteiger partial charge < -0.3 is 0 Å². The largest absolute Gasteiger partial charge is 0.139 e. The maximum absolute atomic E-state index is 5.87. The minimum absolute atomic E-state index is 0.282. The van der Waals surface area contributed by atoms with Crippen LogP contribution in [-0.4, -0.2) is 47.1 Å². The van der Waals surface area contributed by atoms with Crippen molar-refractivity contribution in [3.63, 3.8) is 0 Å². The summed E-state index contributed by atoms with van der Waals surface area (Å²) in [7, 11) is 33.7.